The summed E-state index contributed by atoms with van der Waals surface area (Å²) in [5.41, 5.74) is -0.0161. The largest absolute Gasteiger partial charge is 0.396 e. The van der Waals surface area contributed by atoms with Gasteiger partial charge in [-0.15, -0.1) is 0 Å². The summed E-state index contributed by atoms with van der Waals surface area (Å²) in [6.45, 7) is 3.22. The van der Waals surface area contributed by atoms with Crippen LogP contribution in [0, 0.1) is 17.7 Å². The predicted octanol–water partition coefficient (Wildman–Crippen LogP) is 2.13. The molecule has 2 atom stereocenters. The lowest BCUT2D eigenvalue weighted by atomic mass is 9.89. The van der Waals surface area contributed by atoms with Crippen molar-refractivity contribution >= 4 is 17.5 Å². The van der Waals surface area contributed by atoms with Crippen LogP contribution in [0.2, 0.25) is 5.02 Å². The molecular weight excluding hydrogens is 347 g/mol. The molecule has 7 heteroatoms. The van der Waals surface area contributed by atoms with Crippen LogP contribution in [-0.2, 0) is 4.74 Å². The molecular formula is C18H26ClFN2O3. The number of amides is 1. The Morgan fingerprint density at radius 3 is 2.84 bits per heavy atom. The van der Waals surface area contributed by atoms with Gasteiger partial charge in [-0.3, -0.25) is 4.79 Å². The van der Waals surface area contributed by atoms with E-state index < -0.39 is 5.82 Å². The molecule has 2 unspecified atom stereocenters. The lowest BCUT2D eigenvalue weighted by molar-refractivity contribution is 0.0447. The molecule has 1 N–H and O–H groups in total. The molecule has 5 nitrogen and oxygen atoms in total. The molecule has 1 aliphatic rings. The zero-order valence-electron chi connectivity index (χ0n) is 14.8. The van der Waals surface area contributed by atoms with Crippen LogP contribution in [0.3, 0.4) is 0 Å². The Hall–Kier alpha value is -1.21. The SMILES string of the molecule is COCCN(C)CC1CC(CO)CN(C(=O)c2cc(Cl)ccc2F)C1. The van der Waals surface area contributed by atoms with E-state index in [1.165, 1.54) is 18.2 Å². The molecule has 1 aromatic carbocycles. The van der Waals surface area contributed by atoms with E-state index in [2.05, 4.69) is 4.90 Å². The molecule has 0 bridgehead atoms. The molecule has 140 valence electrons. The van der Waals surface area contributed by atoms with Crippen molar-refractivity contribution in [2.45, 2.75) is 6.42 Å². The number of carbonyl (C=O) groups is 1. The molecule has 1 amide bonds. The van der Waals surface area contributed by atoms with Crippen LogP contribution in [0.15, 0.2) is 18.2 Å². The number of carbonyl (C=O) groups excluding carboxylic acids is 1. The summed E-state index contributed by atoms with van der Waals surface area (Å²) < 4.78 is 19.1. The summed E-state index contributed by atoms with van der Waals surface area (Å²) in [5.74, 6) is -0.725. The van der Waals surface area contributed by atoms with Crippen LogP contribution in [0.5, 0.6) is 0 Å². The Balaban J connectivity index is 2.08. The van der Waals surface area contributed by atoms with Crippen LogP contribution < -0.4 is 0 Å². The van der Waals surface area contributed by atoms with Crippen LogP contribution >= 0.6 is 11.6 Å². The molecule has 1 aliphatic heterocycles. The highest BCUT2D eigenvalue weighted by molar-refractivity contribution is 6.31. The number of nitrogens with zero attached hydrogens (tertiary/aromatic N) is 2. The highest BCUT2D eigenvalue weighted by atomic mass is 35.5. The van der Waals surface area contributed by atoms with Crippen molar-refractivity contribution in [1.82, 2.24) is 9.80 Å². The molecule has 1 fully saturated rings. The molecule has 0 aliphatic carbocycles. The Morgan fingerprint density at radius 1 is 1.44 bits per heavy atom. The normalized spacial score (nSPS) is 21.0. The van der Waals surface area contributed by atoms with Gasteiger partial charge in [-0.05, 0) is 43.5 Å². The zero-order valence-corrected chi connectivity index (χ0v) is 15.5. The molecule has 2 rings (SSSR count). The topological polar surface area (TPSA) is 53.0 Å². The highest BCUT2D eigenvalue weighted by Crippen LogP contribution is 2.25. The van der Waals surface area contributed by atoms with Gasteiger partial charge in [0, 0.05) is 44.9 Å². The minimum Gasteiger partial charge on any atom is -0.396 e. The van der Waals surface area contributed by atoms with Crippen molar-refractivity contribution in [2.75, 3.05) is 53.6 Å². The molecule has 0 spiro atoms. The van der Waals surface area contributed by atoms with Gasteiger partial charge in [-0.25, -0.2) is 4.39 Å². The number of rotatable bonds is 7. The Labute approximate surface area is 153 Å². The van der Waals surface area contributed by atoms with Crippen molar-refractivity contribution in [3.63, 3.8) is 0 Å². The van der Waals surface area contributed by atoms with E-state index >= 15 is 0 Å². The average molecular weight is 373 g/mol. The minimum atomic E-state index is -0.575. The summed E-state index contributed by atoms with van der Waals surface area (Å²) in [6.07, 6.45) is 0.843. The second kappa shape index (κ2) is 9.48. The number of ether oxygens (including phenoxy) is 1. The van der Waals surface area contributed by atoms with Gasteiger partial charge in [0.15, 0.2) is 0 Å². The van der Waals surface area contributed by atoms with E-state index in [4.69, 9.17) is 16.3 Å². The smallest absolute Gasteiger partial charge is 0.256 e. The molecule has 1 saturated heterocycles. The van der Waals surface area contributed by atoms with E-state index in [0.29, 0.717) is 24.7 Å². The van der Waals surface area contributed by atoms with Crippen LogP contribution in [0.1, 0.15) is 16.8 Å². The van der Waals surface area contributed by atoms with Crippen molar-refractivity contribution in [3.8, 4) is 0 Å². The zero-order chi connectivity index (χ0) is 18.4. The first kappa shape index (κ1) is 20.1. The number of piperidine rings is 1. The second-order valence-electron chi connectivity index (χ2n) is 6.74. The van der Waals surface area contributed by atoms with E-state index in [1.807, 2.05) is 7.05 Å². The summed E-state index contributed by atoms with van der Waals surface area (Å²) in [4.78, 5) is 16.5. The number of likely N-dealkylation sites (N-methyl/N-ethyl adjacent to an activating group) is 1. The standard InChI is InChI=1S/C18H26ClFN2O3/c1-21(5-6-25-2)9-13-7-14(12-23)11-22(10-13)18(24)16-8-15(19)3-4-17(16)20/h3-4,8,13-14,23H,5-7,9-12H2,1-2H3. The minimum absolute atomic E-state index is 0.000713. The van der Waals surface area contributed by atoms with Gasteiger partial charge in [-0.2, -0.15) is 0 Å². The first-order valence-corrected chi connectivity index (χ1v) is 8.85. The van der Waals surface area contributed by atoms with Gasteiger partial charge < -0.3 is 19.6 Å². The Morgan fingerprint density at radius 2 is 2.16 bits per heavy atom. The first-order valence-electron chi connectivity index (χ1n) is 8.47. The summed E-state index contributed by atoms with van der Waals surface area (Å²) in [5, 5.41) is 9.92. The quantitative estimate of drug-likeness (QED) is 0.796. The number of likely N-dealkylation sites (tertiary alicyclic amines) is 1. The fourth-order valence-corrected chi connectivity index (χ4v) is 3.53. The second-order valence-corrected chi connectivity index (χ2v) is 7.18. The number of hydrogen-bond acceptors (Lipinski definition) is 4. The third kappa shape index (κ3) is 5.64. The molecule has 1 heterocycles. The van der Waals surface area contributed by atoms with Crippen molar-refractivity contribution in [2.24, 2.45) is 11.8 Å². The fraction of sp³-hybridized carbons (Fsp3) is 0.611. The maximum Gasteiger partial charge on any atom is 0.256 e. The molecule has 25 heavy (non-hydrogen) atoms. The van der Waals surface area contributed by atoms with E-state index in [1.54, 1.807) is 12.0 Å². The van der Waals surface area contributed by atoms with Crippen molar-refractivity contribution in [3.05, 3.63) is 34.6 Å². The first-order chi connectivity index (χ1) is 11.9. The third-order valence-electron chi connectivity index (χ3n) is 4.58. The van der Waals surface area contributed by atoms with Gasteiger partial charge in [0.25, 0.3) is 5.91 Å². The predicted molar refractivity (Wildman–Crippen MR) is 95.4 cm³/mol. The number of halogens is 2. The van der Waals surface area contributed by atoms with Gasteiger partial charge in [0.1, 0.15) is 5.82 Å². The summed E-state index contributed by atoms with van der Waals surface area (Å²) >= 11 is 5.91. The summed E-state index contributed by atoms with van der Waals surface area (Å²) in [7, 11) is 3.67. The van der Waals surface area contributed by atoms with Gasteiger partial charge in [0.05, 0.1) is 12.2 Å². The van der Waals surface area contributed by atoms with E-state index in [9.17, 15) is 14.3 Å². The molecule has 0 aromatic heterocycles. The maximum absolute atomic E-state index is 14.0. The third-order valence-corrected chi connectivity index (χ3v) is 4.81. The number of aliphatic hydroxyl groups is 1. The molecule has 0 radical (unpaired) electrons. The Bertz CT molecular complexity index is 587. The van der Waals surface area contributed by atoms with Gasteiger partial charge in [0.2, 0.25) is 0 Å². The lowest BCUT2D eigenvalue weighted by Crippen LogP contribution is -2.48. The number of benzene rings is 1. The highest BCUT2D eigenvalue weighted by Gasteiger charge is 2.31. The van der Waals surface area contributed by atoms with Crippen molar-refractivity contribution in [1.29, 1.82) is 0 Å². The lowest BCUT2D eigenvalue weighted by Gasteiger charge is -2.38. The molecule has 0 saturated carbocycles. The Kier molecular flexibility index (Phi) is 7.62. The number of methoxy groups -OCH3 is 1. The van der Waals surface area contributed by atoms with Crippen LogP contribution in [0.4, 0.5) is 4.39 Å². The van der Waals surface area contributed by atoms with Gasteiger partial charge in [-0.1, -0.05) is 11.6 Å². The number of hydrogen-bond donors (Lipinski definition) is 1. The monoisotopic (exact) mass is 372 g/mol. The fourth-order valence-electron chi connectivity index (χ4n) is 3.36. The van der Waals surface area contributed by atoms with E-state index in [-0.39, 0.29) is 29.9 Å². The van der Waals surface area contributed by atoms with Crippen LogP contribution in [0.25, 0.3) is 0 Å². The van der Waals surface area contributed by atoms with Gasteiger partial charge >= 0.3 is 0 Å². The molecule has 1 aromatic rings. The summed E-state index contributed by atoms with van der Waals surface area (Å²) in [6, 6.07) is 3.99. The number of aliphatic hydroxyl groups excluding tert-OH is 1. The van der Waals surface area contributed by atoms with E-state index in [0.717, 1.165) is 19.5 Å². The van der Waals surface area contributed by atoms with Crippen molar-refractivity contribution < 1.29 is 19.0 Å². The average Bonchev–Trinajstić information content (AvgIpc) is 2.61. The van der Waals surface area contributed by atoms with Crippen LogP contribution in [-0.4, -0.2) is 74.4 Å². The maximum atomic E-state index is 14.0.